The highest BCUT2D eigenvalue weighted by Crippen LogP contribution is 2.28. The van der Waals surface area contributed by atoms with E-state index in [0.29, 0.717) is 0 Å². The van der Waals surface area contributed by atoms with E-state index in [4.69, 9.17) is 19.4 Å². The van der Waals surface area contributed by atoms with E-state index in [1.165, 1.54) is 0 Å². The molecule has 0 bridgehead atoms. The van der Waals surface area contributed by atoms with E-state index in [1.807, 2.05) is 48.5 Å². The normalized spacial score (nSPS) is 10.7. The van der Waals surface area contributed by atoms with Gasteiger partial charge in [-0.05, 0) is 97.8 Å². The number of pyridine rings is 2. The lowest BCUT2D eigenvalue weighted by atomic mass is 10.0. The van der Waals surface area contributed by atoms with Crippen molar-refractivity contribution in [2.24, 2.45) is 0 Å². The Bertz CT molecular complexity index is 1070. The second-order valence-electron chi connectivity index (χ2n) is 7.29. The van der Waals surface area contributed by atoms with E-state index in [-0.39, 0.29) is 0 Å². The SMILES string of the molecule is COc1ccc(-c2cc(C)cc(-c3cc(C)cc(-c4ccc(OC)cc4)n3)n2)cc1. The molecule has 0 amide bonds. The molecule has 0 saturated heterocycles. The van der Waals surface area contributed by atoms with Gasteiger partial charge < -0.3 is 9.47 Å². The highest BCUT2D eigenvalue weighted by atomic mass is 16.5. The molecule has 0 spiro atoms. The summed E-state index contributed by atoms with van der Waals surface area (Å²) in [5, 5.41) is 0. The van der Waals surface area contributed by atoms with Gasteiger partial charge in [0.05, 0.1) is 37.0 Å². The highest BCUT2D eigenvalue weighted by molar-refractivity contribution is 5.69. The summed E-state index contributed by atoms with van der Waals surface area (Å²) in [6.45, 7) is 4.16. The molecule has 0 N–H and O–H groups in total. The third kappa shape index (κ3) is 4.18. The summed E-state index contributed by atoms with van der Waals surface area (Å²) in [6.07, 6.45) is 0. The predicted octanol–water partition coefficient (Wildman–Crippen LogP) is 6.11. The van der Waals surface area contributed by atoms with Crippen LogP contribution in [0.1, 0.15) is 11.1 Å². The monoisotopic (exact) mass is 396 g/mol. The van der Waals surface area contributed by atoms with Crippen LogP contribution in [0.4, 0.5) is 0 Å². The molecule has 2 aromatic carbocycles. The van der Waals surface area contributed by atoms with E-state index in [9.17, 15) is 0 Å². The van der Waals surface area contributed by atoms with E-state index in [2.05, 4.69) is 38.1 Å². The molecule has 0 aliphatic carbocycles. The van der Waals surface area contributed by atoms with Gasteiger partial charge in [-0.3, -0.25) is 0 Å². The smallest absolute Gasteiger partial charge is 0.118 e. The molecule has 4 aromatic rings. The van der Waals surface area contributed by atoms with Crippen LogP contribution in [-0.4, -0.2) is 24.2 Å². The molecule has 150 valence electrons. The maximum atomic E-state index is 5.27. The Labute approximate surface area is 177 Å². The molecular weight excluding hydrogens is 372 g/mol. The number of rotatable bonds is 5. The lowest BCUT2D eigenvalue weighted by molar-refractivity contribution is 0.415. The van der Waals surface area contributed by atoms with Crippen LogP contribution in [0.25, 0.3) is 33.9 Å². The molecule has 30 heavy (non-hydrogen) atoms. The molecule has 0 aliphatic heterocycles. The molecule has 0 aliphatic rings. The van der Waals surface area contributed by atoms with Gasteiger partial charge in [-0.25, -0.2) is 9.97 Å². The fourth-order valence-corrected chi connectivity index (χ4v) is 3.42. The molecule has 0 atom stereocenters. The van der Waals surface area contributed by atoms with Crippen LogP contribution in [0.15, 0.2) is 72.8 Å². The van der Waals surface area contributed by atoms with Gasteiger partial charge in [0.25, 0.3) is 0 Å². The van der Waals surface area contributed by atoms with Crippen LogP contribution < -0.4 is 9.47 Å². The molecular formula is C26H24N2O2. The van der Waals surface area contributed by atoms with Crippen molar-refractivity contribution in [3.8, 4) is 45.4 Å². The van der Waals surface area contributed by atoms with Gasteiger partial charge >= 0.3 is 0 Å². The first-order valence-corrected chi connectivity index (χ1v) is 9.82. The number of hydrogen-bond acceptors (Lipinski definition) is 4. The summed E-state index contributed by atoms with van der Waals surface area (Å²) in [5.74, 6) is 1.66. The summed E-state index contributed by atoms with van der Waals surface area (Å²) < 4.78 is 10.5. The van der Waals surface area contributed by atoms with E-state index >= 15 is 0 Å². The molecule has 0 saturated carbocycles. The summed E-state index contributed by atoms with van der Waals surface area (Å²) in [6, 6.07) is 24.2. The Morgan fingerprint density at radius 2 is 0.833 bits per heavy atom. The molecule has 0 unspecified atom stereocenters. The molecule has 0 fully saturated rings. The molecule has 2 heterocycles. The highest BCUT2D eigenvalue weighted by Gasteiger charge is 2.10. The van der Waals surface area contributed by atoms with Crippen LogP contribution in [0.3, 0.4) is 0 Å². The number of nitrogens with zero attached hydrogens (tertiary/aromatic N) is 2. The molecule has 0 radical (unpaired) electrons. The topological polar surface area (TPSA) is 44.2 Å². The summed E-state index contributed by atoms with van der Waals surface area (Å²) in [5.41, 5.74) is 7.93. The van der Waals surface area contributed by atoms with Crippen molar-refractivity contribution >= 4 is 0 Å². The maximum absolute atomic E-state index is 5.27. The Balaban J connectivity index is 1.76. The first-order chi connectivity index (χ1) is 14.6. The number of benzene rings is 2. The van der Waals surface area contributed by atoms with Crippen LogP contribution in [0.5, 0.6) is 11.5 Å². The summed E-state index contributed by atoms with van der Waals surface area (Å²) in [7, 11) is 3.34. The third-order valence-electron chi connectivity index (χ3n) is 4.97. The minimum absolute atomic E-state index is 0.830. The number of aryl methyl sites for hydroxylation is 2. The van der Waals surface area contributed by atoms with Gasteiger partial charge in [-0.2, -0.15) is 0 Å². The maximum Gasteiger partial charge on any atom is 0.118 e. The fourth-order valence-electron chi connectivity index (χ4n) is 3.42. The Morgan fingerprint density at radius 3 is 1.17 bits per heavy atom. The second kappa shape index (κ2) is 8.37. The van der Waals surface area contributed by atoms with E-state index in [1.54, 1.807) is 14.2 Å². The molecule has 4 nitrogen and oxygen atoms in total. The largest absolute Gasteiger partial charge is 0.497 e. The summed E-state index contributed by atoms with van der Waals surface area (Å²) in [4.78, 5) is 9.82. The van der Waals surface area contributed by atoms with Crippen molar-refractivity contribution in [1.82, 2.24) is 9.97 Å². The van der Waals surface area contributed by atoms with Gasteiger partial charge in [0.15, 0.2) is 0 Å². The standard InChI is InChI=1S/C26H24N2O2/c1-17-13-23(19-5-9-21(29-3)10-6-19)27-25(15-17)26-16-18(2)14-24(28-26)20-7-11-22(30-4)12-8-20/h5-16H,1-4H3. The van der Waals surface area contributed by atoms with Gasteiger partial charge in [-0.15, -0.1) is 0 Å². The Kier molecular flexibility index (Phi) is 5.48. The van der Waals surface area contributed by atoms with Crippen LogP contribution >= 0.6 is 0 Å². The number of hydrogen-bond donors (Lipinski definition) is 0. The second-order valence-corrected chi connectivity index (χ2v) is 7.29. The average molecular weight is 396 g/mol. The molecule has 2 aromatic heterocycles. The van der Waals surface area contributed by atoms with Crippen molar-refractivity contribution in [3.63, 3.8) is 0 Å². The van der Waals surface area contributed by atoms with Crippen LogP contribution in [-0.2, 0) is 0 Å². The third-order valence-corrected chi connectivity index (χ3v) is 4.97. The fraction of sp³-hybridized carbons (Fsp3) is 0.154. The van der Waals surface area contributed by atoms with Crippen molar-refractivity contribution in [2.45, 2.75) is 13.8 Å². The number of ether oxygens (including phenoxy) is 2. The van der Waals surface area contributed by atoms with Gasteiger partial charge in [0.1, 0.15) is 11.5 Å². The Hall–Kier alpha value is -3.66. The molecule has 4 heteroatoms. The van der Waals surface area contributed by atoms with Crippen molar-refractivity contribution in [2.75, 3.05) is 14.2 Å². The zero-order chi connectivity index (χ0) is 21.1. The predicted molar refractivity (Wildman–Crippen MR) is 121 cm³/mol. The van der Waals surface area contributed by atoms with Crippen LogP contribution in [0.2, 0.25) is 0 Å². The number of aromatic nitrogens is 2. The van der Waals surface area contributed by atoms with Crippen molar-refractivity contribution < 1.29 is 9.47 Å². The summed E-state index contributed by atoms with van der Waals surface area (Å²) >= 11 is 0. The first-order valence-electron chi connectivity index (χ1n) is 9.82. The van der Waals surface area contributed by atoms with Gasteiger partial charge in [0.2, 0.25) is 0 Å². The zero-order valence-corrected chi connectivity index (χ0v) is 17.6. The Morgan fingerprint density at radius 1 is 0.500 bits per heavy atom. The minimum atomic E-state index is 0.830. The van der Waals surface area contributed by atoms with Crippen molar-refractivity contribution in [1.29, 1.82) is 0 Å². The lowest BCUT2D eigenvalue weighted by Gasteiger charge is -2.10. The first kappa shape index (κ1) is 19.6. The van der Waals surface area contributed by atoms with Gasteiger partial charge in [-0.1, -0.05) is 0 Å². The van der Waals surface area contributed by atoms with Gasteiger partial charge in [0, 0.05) is 11.1 Å². The average Bonchev–Trinajstić information content (AvgIpc) is 2.78. The minimum Gasteiger partial charge on any atom is -0.497 e. The van der Waals surface area contributed by atoms with E-state index < -0.39 is 0 Å². The van der Waals surface area contributed by atoms with Crippen molar-refractivity contribution in [3.05, 3.63) is 83.9 Å². The van der Waals surface area contributed by atoms with Crippen LogP contribution in [0, 0.1) is 13.8 Å². The molecule has 4 rings (SSSR count). The number of methoxy groups -OCH3 is 2. The lowest BCUT2D eigenvalue weighted by Crippen LogP contribution is -1.95. The quantitative estimate of drug-likeness (QED) is 0.408. The van der Waals surface area contributed by atoms with E-state index in [0.717, 1.165) is 56.5 Å². The zero-order valence-electron chi connectivity index (χ0n) is 17.6.